The number of nitrogens with two attached hydrogens (primary N) is 1. The summed E-state index contributed by atoms with van der Waals surface area (Å²) in [5.41, 5.74) is 12.7. The van der Waals surface area contributed by atoms with Crippen molar-refractivity contribution in [3.05, 3.63) is 230 Å². The van der Waals surface area contributed by atoms with E-state index >= 15 is 0 Å². The molecule has 1 aliphatic rings. The van der Waals surface area contributed by atoms with Gasteiger partial charge in [0.25, 0.3) is 0 Å². The normalized spacial score (nSPS) is 17.1. The van der Waals surface area contributed by atoms with Gasteiger partial charge in [0.15, 0.2) is 0 Å². The van der Waals surface area contributed by atoms with Crippen LogP contribution in [0.25, 0.3) is 67.4 Å². The molecule has 3 aromatic carbocycles. The molecule has 0 saturated heterocycles. The van der Waals surface area contributed by atoms with Crippen LogP contribution in [-0.4, -0.2) is 21.4 Å². The Labute approximate surface area is 356 Å². The van der Waals surface area contributed by atoms with E-state index in [-0.39, 0.29) is 0 Å². The van der Waals surface area contributed by atoms with Gasteiger partial charge in [-0.25, -0.2) is 0 Å². The molecule has 1 atom stereocenters. The van der Waals surface area contributed by atoms with Gasteiger partial charge in [-0.15, -0.1) is 0 Å². The highest BCUT2D eigenvalue weighted by atomic mass is 15.0. The number of rotatable bonds is 13. The average Bonchev–Trinajstić information content (AvgIpc) is 3.68. The third-order valence-electron chi connectivity index (χ3n) is 9.92. The van der Waals surface area contributed by atoms with Crippen molar-refractivity contribution in [2.24, 2.45) is 10.7 Å². The SMILES string of the molecule is C/C=C/C=C\C=C/C=C/C=C/C=C\C=C/N.C=C/C=C(\C=C/C)n1c2ccccc2c2cc(-c3ccc4c(c3)c(=C/C)/c(=C\C=C)n4C3=CC=CC(C)(N=C)C=C3)ccc21. The van der Waals surface area contributed by atoms with Crippen molar-refractivity contribution in [3.8, 4) is 11.1 Å². The van der Waals surface area contributed by atoms with E-state index in [2.05, 4.69) is 169 Å². The zero-order valence-corrected chi connectivity index (χ0v) is 35.3. The largest absolute Gasteiger partial charge is 0.405 e. The van der Waals surface area contributed by atoms with Gasteiger partial charge in [-0.1, -0.05) is 159 Å². The Bertz CT molecular complexity index is 2820. The first-order chi connectivity index (χ1) is 29.4. The molecule has 0 amide bonds. The molecule has 0 bridgehead atoms. The van der Waals surface area contributed by atoms with Gasteiger partial charge in [0.1, 0.15) is 0 Å². The van der Waals surface area contributed by atoms with Gasteiger partial charge >= 0.3 is 0 Å². The van der Waals surface area contributed by atoms with Gasteiger partial charge in [-0.2, -0.15) is 0 Å². The summed E-state index contributed by atoms with van der Waals surface area (Å²) in [5.74, 6) is 0. The van der Waals surface area contributed by atoms with Crippen LogP contribution in [0.4, 0.5) is 0 Å². The fraction of sp³-hybridized carbons (Fsp3) is 0.0893. The predicted molar refractivity (Wildman–Crippen MR) is 268 cm³/mol. The van der Waals surface area contributed by atoms with Crippen LogP contribution in [0.3, 0.4) is 0 Å². The van der Waals surface area contributed by atoms with Crippen molar-refractivity contribution in [3.63, 3.8) is 0 Å². The predicted octanol–water partition coefficient (Wildman–Crippen LogP) is 13.0. The maximum atomic E-state index is 5.17. The number of aliphatic imine (C=N–C) groups is 1. The minimum atomic E-state index is -0.437. The monoisotopic (exact) mass is 784 g/mol. The molecule has 6 rings (SSSR count). The topological polar surface area (TPSA) is 48.2 Å². The van der Waals surface area contributed by atoms with Crippen LogP contribution < -0.4 is 16.3 Å². The highest BCUT2D eigenvalue weighted by Crippen LogP contribution is 2.36. The number of allylic oxidation sites excluding steroid dienone is 23. The van der Waals surface area contributed by atoms with E-state index in [1.807, 2.05) is 98.9 Å². The standard InChI is InChI=1S/C41H37N3.C15H19N/c1-7-14-31(15-8-2)43-38-19-12-11-18-34(38)36-28-30(21-23-40(36)43)29-20-22-39-35(27-29)33(10-4)37(16-9-3)44(39)32-17-13-25-41(5,42-6)26-24-32;1-2-3-4-5-6-7-8-9-10-11-12-13-14-15-16/h7-28H,1,3,6H2,2,4-5H3;2-15H,16H2,1H3/b15-8-,31-14+,33-10-,37-16+;3-2+,5-4-,7-6-,9-8+,11-10+,13-12-,15-14-. The summed E-state index contributed by atoms with van der Waals surface area (Å²) in [5, 5.41) is 5.91. The fourth-order valence-electron chi connectivity index (χ4n) is 7.08. The van der Waals surface area contributed by atoms with Crippen LogP contribution in [0.1, 0.15) is 27.7 Å². The van der Waals surface area contributed by atoms with Gasteiger partial charge < -0.3 is 14.9 Å². The number of aromatic nitrogens is 2. The zero-order chi connectivity index (χ0) is 42.7. The van der Waals surface area contributed by atoms with Gasteiger partial charge in [0.05, 0.1) is 27.4 Å². The Balaban J connectivity index is 0.000000363. The summed E-state index contributed by atoms with van der Waals surface area (Å²) in [7, 11) is 0. The number of benzene rings is 3. The number of fused-ring (bicyclic) bond motifs is 4. The van der Waals surface area contributed by atoms with Crippen molar-refractivity contribution >= 4 is 63.0 Å². The summed E-state index contributed by atoms with van der Waals surface area (Å²) in [6, 6.07) is 22.2. The maximum absolute atomic E-state index is 5.17. The fourth-order valence-corrected chi connectivity index (χ4v) is 7.08. The van der Waals surface area contributed by atoms with Crippen LogP contribution in [0, 0.1) is 0 Å². The van der Waals surface area contributed by atoms with Gasteiger partial charge in [-0.05, 0) is 119 Å². The molecule has 5 aromatic rings. The highest BCUT2D eigenvalue weighted by molar-refractivity contribution is 6.11. The van der Waals surface area contributed by atoms with E-state index in [0.717, 1.165) is 22.3 Å². The van der Waals surface area contributed by atoms with Crippen molar-refractivity contribution in [2.45, 2.75) is 33.2 Å². The van der Waals surface area contributed by atoms with E-state index in [0.29, 0.717) is 0 Å². The minimum Gasteiger partial charge on any atom is -0.405 e. The van der Waals surface area contributed by atoms with Crippen molar-refractivity contribution in [2.75, 3.05) is 0 Å². The summed E-state index contributed by atoms with van der Waals surface area (Å²) in [6.07, 6.45) is 51.6. The molecular weight excluding hydrogens is 729 g/mol. The molecule has 300 valence electrons. The molecule has 2 heterocycles. The van der Waals surface area contributed by atoms with Crippen LogP contribution >= 0.6 is 0 Å². The average molecular weight is 785 g/mol. The van der Waals surface area contributed by atoms with Crippen LogP contribution in [-0.2, 0) is 0 Å². The van der Waals surface area contributed by atoms with Crippen LogP contribution in [0.2, 0.25) is 0 Å². The second-order valence-corrected chi connectivity index (χ2v) is 14.0. The maximum Gasteiger partial charge on any atom is 0.0939 e. The molecule has 1 aliphatic carbocycles. The first-order valence-corrected chi connectivity index (χ1v) is 20.2. The zero-order valence-electron chi connectivity index (χ0n) is 35.3. The van der Waals surface area contributed by atoms with Crippen molar-refractivity contribution in [1.82, 2.24) is 9.13 Å². The Morgan fingerprint density at radius 1 is 0.683 bits per heavy atom. The van der Waals surface area contributed by atoms with E-state index in [1.165, 1.54) is 49.7 Å². The second kappa shape index (κ2) is 21.9. The van der Waals surface area contributed by atoms with E-state index in [4.69, 9.17) is 5.73 Å². The molecule has 0 spiro atoms. The van der Waals surface area contributed by atoms with E-state index in [1.54, 1.807) is 6.08 Å². The molecule has 0 aliphatic heterocycles. The molecule has 0 fully saturated rings. The third kappa shape index (κ3) is 10.4. The molecule has 0 saturated carbocycles. The molecule has 1 unspecified atom stereocenters. The molecule has 2 N–H and O–H groups in total. The van der Waals surface area contributed by atoms with Crippen molar-refractivity contribution < 1.29 is 0 Å². The molecule has 60 heavy (non-hydrogen) atoms. The minimum absolute atomic E-state index is 0.437. The Hall–Kier alpha value is -7.43. The Morgan fingerprint density at radius 3 is 1.90 bits per heavy atom. The molecule has 2 aromatic heterocycles. The first-order valence-electron chi connectivity index (χ1n) is 20.2. The molecule has 4 heteroatoms. The van der Waals surface area contributed by atoms with E-state index in [9.17, 15) is 0 Å². The van der Waals surface area contributed by atoms with Gasteiger partial charge in [0, 0.05) is 32.8 Å². The summed E-state index contributed by atoms with van der Waals surface area (Å²) in [6.45, 7) is 20.0. The first kappa shape index (κ1) is 43.7. The highest BCUT2D eigenvalue weighted by Gasteiger charge is 2.18. The summed E-state index contributed by atoms with van der Waals surface area (Å²) in [4.78, 5) is 4.32. The molecule has 4 nitrogen and oxygen atoms in total. The molecule has 0 radical (unpaired) electrons. The molecular formula is C56H56N4. The Morgan fingerprint density at radius 2 is 1.30 bits per heavy atom. The van der Waals surface area contributed by atoms with Crippen molar-refractivity contribution in [1.29, 1.82) is 0 Å². The lowest BCUT2D eigenvalue weighted by Gasteiger charge is -2.14. The summed E-state index contributed by atoms with van der Waals surface area (Å²) < 4.78 is 4.62. The summed E-state index contributed by atoms with van der Waals surface area (Å²) >= 11 is 0. The number of para-hydroxylation sites is 1. The van der Waals surface area contributed by atoms with E-state index < -0.39 is 5.54 Å². The smallest absolute Gasteiger partial charge is 0.0939 e. The van der Waals surface area contributed by atoms with Gasteiger partial charge in [-0.3, -0.25) is 4.99 Å². The van der Waals surface area contributed by atoms with Crippen LogP contribution in [0.5, 0.6) is 0 Å². The number of hydrogen-bond donors (Lipinski definition) is 1. The lowest BCUT2D eigenvalue weighted by molar-refractivity contribution is 0.746. The number of nitrogens with zero attached hydrogens (tertiary/aromatic N) is 3. The van der Waals surface area contributed by atoms with Gasteiger partial charge in [0.2, 0.25) is 0 Å². The quantitative estimate of drug-likeness (QED) is 0.0938. The van der Waals surface area contributed by atoms with Crippen LogP contribution in [0.15, 0.2) is 225 Å². The third-order valence-corrected chi connectivity index (χ3v) is 9.92. The lowest BCUT2D eigenvalue weighted by Crippen LogP contribution is -2.28. The number of hydrogen-bond acceptors (Lipinski definition) is 2. The second-order valence-electron chi connectivity index (χ2n) is 14.0. The lowest BCUT2D eigenvalue weighted by atomic mass is 10.0. The Kier molecular flexibility index (Phi) is 16.0.